The molecule has 126 valence electrons. The topological polar surface area (TPSA) is 27.7 Å². The van der Waals surface area contributed by atoms with Crippen molar-refractivity contribution in [3.63, 3.8) is 0 Å². The molecule has 0 N–H and O–H groups in total. The van der Waals surface area contributed by atoms with E-state index in [9.17, 15) is 0 Å². The Morgan fingerprint density at radius 2 is 1.52 bits per heavy atom. The molecular weight excluding hydrogens is 304 g/mol. The van der Waals surface area contributed by atoms with Gasteiger partial charge < -0.3 is 13.3 Å². The summed E-state index contributed by atoms with van der Waals surface area (Å²) in [4.78, 5) is 0. The van der Waals surface area contributed by atoms with Crippen molar-refractivity contribution < 1.29 is 13.3 Å². The maximum Gasteiger partial charge on any atom is 0.529 e. The standard InChI is InChI=1S/C19H28O3Si/c1-4-20-23(21-5-2,22-6-3)15-14-17-10-12-19(13-11-17)16-18-8-7-9-18/h8,10-15H,4-7,9,16H2,1-3H3/b15-14+. The number of benzene rings is 1. The Balaban J connectivity index is 2.05. The van der Waals surface area contributed by atoms with Crippen LogP contribution in [0.4, 0.5) is 0 Å². The van der Waals surface area contributed by atoms with Crippen LogP contribution < -0.4 is 0 Å². The van der Waals surface area contributed by atoms with E-state index in [-0.39, 0.29) is 0 Å². The molecule has 2 rings (SSSR count). The molecule has 1 aliphatic rings. The molecule has 1 aromatic carbocycles. The van der Waals surface area contributed by atoms with Crippen LogP contribution in [0.25, 0.3) is 6.08 Å². The summed E-state index contributed by atoms with van der Waals surface area (Å²) in [7, 11) is -2.70. The Labute approximate surface area is 141 Å². The summed E-state index contributed by atoms with van der Waals surface area (Å²) in [5.41, 5.74) is 6.07. The summed E-state index contributed by atoms with van der Waals surface area (Å²) in [6.07, 6.45) is 7.97. The van der Waals surface area contributed by atoms with Crippen molar-refractivity contribution in [2.24, 2.45) is 0 Å². The van der Waals surface area contributed by atoms with Crippen LogP contribution in [0.5, 0.6) is 0 Å². The molecule has 1 aromatic rings. The van der Waals surface area contributed by atoms with E-state index in [4.69, 9.17) is 13.3 Å². The lowest BCUT2D eigenvalue weighted by Crippen LogP contribution is -2.44. The predicted molar refractivity (Wildman–Crippen MR) is 97.1 cm³/mol. The van der Waals surface area contributed by atoms with E-state index in [1.807, 2.05) is 26.5 Å². The molecule has 0 fully saturated rings. The van der Waals surface area contributed by atoms with Gasteiger partial charge in [0.2, 0.25) is 0 Å². The zero-order valence-corrected chi connectivity index (χ0v) is 15.5. The molecule has 0 heterocycles. The fraction of sp³-hybridized carbons (Fsp3) is 0.474. The van der Waals surface area contributed by atoms with E-state index in [1.54, 1.807) is 5.57 Å². The van der Waals surface area contributed by atoms with Crippen LogP contribution in [-0.4, -0.2) is 28.6 Å². The van der Waals surface area contributed by atoms with E-state index in [0.29, 0.717) is 19.8 Å². The second kappa shape index (κ2) is 9.18. The highest BCUT2D eigenvalue weighted by molar-refractivity contribution is 6.67. The third-order valence-corrected chi connectivity index (χ3v) is 6.47. The van der Waals surface area contributed by atoms with Gasteiger partial charge in [-0.25, -0.2) is 0 Å². The molecule has 1 aliphatic carbocycles. The Morgan fingerprint density at radius 1 is 0.957 bits per heavy atom. The Hall–Kier alpha value is -1.20. The first-order valence-corrected chi connectivity index (χ1v) is 10.4. The van der Waals surface area contributed by atoms with Gasteiger partial charge in [-0.15, -0.1) is 0 Å². The second-order valence-electron chi connectivity index (χ2n) is 5.56. The fourth-order valence-corrected chi connectivity index (χ4v) is 4.73. The molecular formula is C19H28O3Si. The van der Waals surface area contributed by atoms with Crippen molar-refractivity contribution in [2.45, 2.75) is 40.0 Å². The highest BCUT2D eigenvalue weighted by atomic mass is 28.4. The van der Waals surface area contributed by atoms with Gasteiger partial charge in [0.1, 0.15) is 0 Å². The molecule has 0 bridgehead atoms. The SMILES string of the molecule is CCO[Si](/C=C/c1ccc(CC2=CCC2)cc1)(OCC)OCC. The van der Waals surface area contributed by atoms with Crippen molar-refractivity contribution in [1.82, 2.24) is 0 Å². The zero-order valence-electron chi connectivity index (χ0n) is 14.5. The lowest BCUT2D eigenvalue weighted by Gasteiger charge is -2.25. The molecule has 3 nitrogen and oxygen atoms in total. The van der Waals surface area contributed by atoms with E-state index < -0.39 is 8.80 Å². The second-order valence-corrected chi connectivity index (χ2v) is 7.96. The van der Waals surface area contributed by atoms with Crippen molar-refractivity contribution in [1.29, 1.82) is 0 Å². The smallest absolute Gasteiger partial charge is 0.371 e. The van der Waals surface area contributed by atoms with Crippen molar-refractivity contribution >= 4 is 14.9 Å². The summed E-state index contributed by atoms with van der Waals surface area (Å²) < 4.78 is 17.5. The minimum atomic E-state index is -2.70. The zero-order chi connectivity index (χ0) is 16.5. The van der Waals surface area contributed by atoms with Gasteiger partial charge >= 0.3 is 8.80 Å². The lowest BCUT2D eigenvalue weighted by molar-refractivity contribution is 0.0845. The summed E-state index contributed by atoms with van der Waals surface area (Å²) in [6, 6.07) is 8.69. The van der Waals surface area contributed by atoms with Gasteiger partial charge in [0.05, 0.1) is 0 Å². The first kappa shape index (κ1) is 18.1. The minimum absolute atomic E-state index is 0.588. The quantitative estimate of drug-likeness (QED) is 0.465. The lowest BCUT2D eigenvalue weighted by atomic mass is 9.92. The number of hydrogen-bond donors (Lipinski definition) is 0. The summed E-state index contributed by atoms with van der Waals surface area (Å²) in [5.74, 6) is 0. The largest absolute Gasteiger partial charge is 0.529 e. The highest BCUT2D eigenvalue weighted by Crippen LogP contribution is 2.22. The van der Waals surface area contributed by atoms with Crippen LogP contribution in [0.1, 0.15) is 44.7 Å². The summed E-state index contributed by atoms with van der Waals surface area (Å²) in [6.45, 7) is 7.67. The molecule has 23 heavy (non-hydrogen) atoms. The normalized spacial score (nSPS) is 14.8. The van der Waals surface area contributed by atoms with Crippen molar-refractivity contribution in [3.05, 3.63) is 52.7 Å². The maximum atomic E-state index is 5.83. The van der Waals surface area contributed by atoms with Crippen LogP contribution in [0.3, 0.4) is 0 Å². The average molecular weight is 333 g/mol. The Kier molecular flexibility index (Phi) is 7.24. The van der Waals surface area contributed by atoms with Crippen LogP contribution in [0, 0.1) is 0 Å². The van der Waals surface area contributed by atoms with Gasteiger partial charge in [-0.3, -0.25) is 0 Å². The number of allylic oxidation sites excluding steroid dienone is 2. The first-order valence-electron chi connectivity index (χ1n) is 8.59. The molecule has 0 unspecified atom stereocenters. The van der Waals surface area contributed by atoms with E-state index in [1.165, 1.54) is 18.4 Å². The van der Waals surface area contributed by atoms with E-state index in [0.717, 1.165) is 12.0 Å². The molecule has 0 amide bonds. The van der Waals surface area contributed by atoms with E-state index in [2.05, 4.69) is 36.4 Å². The molecule has 0 spiro atoms. The fourth-order valence-electron chi connectivity index (χ4n) is 2.59. The Morgan fingerprint density at radius 3 is 1.96 bits per heavy atom. The molecule has 0 atom stereocenters. The molecule has 0 aliphatic heterocycles. The first-order chi connectivity index (χ1) is 11.2. The molecule has 0 saturated carbocycles. The third-order valence-electron chi connectivity index (χ3n) is 3.83. The van der Waals surface area contributed by atoms with Gasteiger partial charge in [0, 0.05) is 19.8 Å². The van der Waals surface area contributed by atoms with Crippen molar-refractivity contribution in [2.75, 3.05) is 19.8 Å². The van der Waals surface area contributed by atoms with Gasteiger partial charge in [0.15, 0.2) is 0 Å². The van der Waals surface area contributed by atoms with Crippen LogP contribution in [0.15, 0.2) is 41.6 Å². The van der Waals surface area contributed by atoms with Crippen LogP contribution >= 0.6 is 0 Å². The number of rotatable bonds is 10. The van der Waals surface area contributed by atoms with Crippen LogP contribution in [-0.2, 0) is 19.7 Å². The number of hydrogen-bond acceptors (Lipinski definition) is 3. The summed E-state index contributed by atoms with van der Waals surface area (Å²) in [5, 5.41) is 0. The van der Waals surface area contributed by atoms with Crippen molar-refractivity contribution in [3.8, 4) is 0 Å². The van der Waals surface area contributed by atoms with E-state index >= 15 is 0 Å². The highest BCUT2D eigenvalue weighted by Gasteiger charge is 2.37. The molecule has 0 aromatic heterocycles. The van der Waals surface area contributed by atoms with Gasteiger partial charge in [-0.1, -0.05) is 42.0 Å². The minimum Gasteiger partial charge on any atom is -0.371 e. The summed E-state index contributed by atoms with van der Waals surface area (Å²) >= 11 is 0. The van der Waals surface area contributed by atoms with Crippen LogP contribution in [0.2, 0.25) is 0 Å². The molecule has 0 saturated heterocycles. The van der Waals surface area contributed by atoms with Gasteiger partial charge in [-0.2, -0.15) is 0 Å². The maximum absolute atomic E-state index is 5.83. The molecule has 0 radical (unpaired) electrons. The average Bonchev–Trinajstić information content (AvgIpc) is 2.51. The predicted octanol–water partition coefficient (Wildman–Crippen LogP) is 4.55. The Bertz CT molecular complexity index is 517. The van der Waals surface area contributed by atoms with Gasteiger partial charge in [0.25, 0.3) is 0 Å². The monoisotopic (exact) mass is 332 g/mol. The molecule has 4 heteroatoms. The third kappa shape index (κ3) is 5.43. The van der Waals surface area contributed by atoms with Gasteiger partial charge in [-0.05, 0) is 56.9 Å².